The Morgan fingerprint density at radius 3 is 2.72 bits per heavy atom. The molecule has 1 aliphatic heterocycles. The molecule has 1 saturated heterocycles. The van der Waals surface area contributed by atoms with E-state index in [-0.39, 0.29) is 10.5 Å². The molecular formula is C13H12ClIOS2. The average Bonchev–Trinajstić information content (AvgIpc) is 2.72. The number of rotatable bonds is 3. The van der Waals surface area contributed by atoms with E-state index >= 15 is 0 Å². The van der Waals surface area contributed by atoms with Crippen molar-refractivity contribution in [3.63, 3.8) is 0 Å². The molecule has 1 heterocycles. The molecule has 1 aromatic carbocycles. The first-order valence-electron chi connectivity index (χ1n) is 5.42. The van der Waals surface area contributed by atoms with Gasteiger partial charge in [0.15, 0.2) is 5.78 Å². The maximum Gasteiger partial charge on any atom is 0.187 e. The first-order chi connectivity index (χ1) is 8.52. The maximum atomic E-state index is 12.1. The molecule has 0 unspecified atom stereocenters. The van der Waals surface area contributed by atoms with E-state index in [1.165, 1.54) is 0 Å². The number of hydrogen-bond acceptors (Lipinski definition) is 3. The highest BCUT2D eigenvalue weighted by molar-refractivity contribution is 14.1. The molecule has 1 aliphatic rings. The molecule has 0 saturated carbocycles. The molecule has 2 rings (SSSR count). The van der Waals surface area contributed by atoms with E-state index in [0.717, 1.165) is 14.4 Å². The minimum atomic E-state index is 0.0550. The quantitative estimate of drug-likeness (QED) is 0.301. The fourth-order valence-corrected chi connectivity index (χ4v) is 5.57. The van der Waals surface area contributed by atoms with Crippen molar-refractivity contribution in [1.29, 1.82) is 0 Å². The number of benzene rings is 1. The lowest BCUT2D eigenvalue weighted by Gasteiger charge is -2.16. The van der Waals surface area contributed by atoms with Gasteiger partial charge >= 0.3 is 0 Å². The highest BCUT2D eigenvalue weighted by atomic mass is 127. The molecule has 18 heavy (non-hydrogen) atoms. The maximum absolute atomic E-state index is 12.1. The predicted molar refractivity (Wildman–Crippen MR) is 91.2 cm³/mol. The van der Waals surface area contributed by atoms with Gasteiger partial charge < -0.3 is 0 Å². The molecule has 0 bridgehead atoms. The van der Waals surface area contributed by atoms with Crippen molar-refractivity contribution in [1.82, 2.24) is 0 Å². The van der Waals surface area contributed by atoms with Crippen LogP contribution in [0.2, 0.25) is 5.02 Å². The molecule has 0 spiro atoms. The van der Waals surface area contributed by atoms with Crippen molar-refractivity contribution in [3.05, 3.63) is 45.2 Å². The third kappa shape index (κ3) is 3.68. The summed E-state index contributed by atoms with van der Waals surface area (Å²) in [6, 6.07) is 7.03. The van der Waals surface area contributed by atoms with Gasteiger partial charge in [0.1, 0.15) is 0 Å². The monoisotopic (exact) mass is 410 g/mol. The molecule has 1 nitrogen and oxygen atoms in total. The molecule has 1 atom stereocenters. The van der Waals surface area contributed by atoms with Crippen LogP contribution < -0.4 is 0 Å². The lowest BCUT2D eigenvalue weighted by atomic mass is 10.1. The number of carbonyl (C=O) groups is 1. The van der Waals surface area contributed by atoms with E-state index in [2.05, 4.69) is 29.5 Å². The summed E-state index contributed by atoms with van der Waals surface area (Å²) >= 11 is 11.8. The predicted octanol–water partition coefficient (Wildman–Crippen LogP) is 5.04. The van der Waals surface area contributed by atoms with Gasteiger partial charge in [0.25, 0.3) is 0 Å². The van der Waals surface area contributed by atoms with Crippen LogP contribution in [0.4, 0.5) is 0 Å². The molecule has 1 fully saturated rings. The van der Waals surface area contributed by atoms with Gasteiger partial charge in [-0.2, -0.15) is 0 Å². The number of ketones is 1. The SMILES string of the molecule is C[C@@]1(CI)CSC(=CC(=O)c2ccc(Cl)cc2)S1. The van der Waals surface area contributed by atoms with Crippen LogP contribution in [-0.2, 0) is 0 Å². The molecule has 0 N–H and O–H groups in total. The summed E-state index contributed by atoms with van der Waals surface area (Å²) in [7, 11) is 0. The summed E-state index contributed by atoms with van der Waals surface area (Å²) in [5, 5.41) is 0.654. The van der Waals surface area contributed by atoms with Crippen LogP contribution in [0.15, 0.2) is 34.6 Å². The number of carbonyl (C=O) groups excluding carboxylic acids is 1. The van der Waals surface area contributed by atoms with Crippen LogP contribution in [0.5, 0.6) is 0 Å². The van der Waals surface area contributed by atoms with Crippen molar-refractivity contribution >= 4 is 63.5 Å². The van der Waals surface area contributed by atoms with Crippen LogP contribution in [0, 0.1) is 0 Å². The van der Waals surface area contributed by atoms with Crippen molar-refractivity contribution in [2.24, 2.45) is 0 Å². The fourth-order valence-electron chi connectivity index (χ4n) is 1.47. The Hall–Kier alpha value is 0.350. The van der Waals surface area contributed by atoms with Crippen molar-refractivity contribution in [3.8, 4) is 0 Å². The largest absolute Gasteiger partial charge is 0.289 e. The fraction of sp³-hybridized carbons (Fsp3) is 0.308. The Bertz CT molecular complexity index is 486. The summed E-state index contributed by atoms with van der Waals surface area (Å²) < 4.78 is 2.47. The molecule has 0 radical (unpaired) electrons. The van der Waals surface area contributed by atoms with Gasteiger partial charge in [-0.05, 0) is 31.2 Å². The normalized spacial score (nSPS) is 25.6. The average molecular weight is 411 g/mol. The summed E-state index contributed by atoms with van der Waals surface area (Å²) in [5.41, 5.74) is 0.691. The van der Waals surface area contributed by atoms with Gasteiger partial charge in [0, 0.05) is 35.8 Å². The summed E-state index contributed by atoms with van der Waals surface area (Å²) in [6.45, 7) is 2.24. The van der Waals surface area contributed by atoms with Crippen molar-refractivity contribution in [2.45, 2.75) is 11.7 Å². The van der Waals surface area contributed by atoms with Crippen LogP contribution in [0.25, 0.3) is 0 Å². The Morgan fingerprint density at radius 2 is 2.17 bits per heavy atom. The third-order valence-corrected chi connectivity index (χ3v) is 8.05. The Kier molecular flexibility index (Phi) is 5.08. The van der Waals surface area contributed by atoms with E-state index in [4.69, 9.17) is 11.6 Å². The lowest BCUT2D eigenvalue weighted by Crippen LogP contribution is -2.20. The second-order valence-electron chi connectivity index (χ2n) is 4.31. The number of allylic oxidation sites excluding steroid dienone is 1. The zero-order valence-electron chi connectivity index (χ0n) is 9.78. The summed E-state index contributed by atoms with van der Waals surface area (Å²) in [6.07, 6.45) is 1.75. The molecular weight excluding hydrogens is 399 g/mol. The minimum absolute atomic E-state index is 0.0550. The first-order valence-corrected chi connectivity index (χ1v) is 9.12. The van der Waals surface area contributed by atoms with Crippen LogP contribution in [-0.4, -0.2) is 20.7 Å². The molecule has 5 heteroatoms. The Labute approximate surface area is 134 Å². The van der Waals surface area contributed by atoms with Gasteiger partial charge in [-0.3, -0.25) is 4.79 Å². The topological polar surface area (TPSA) is 17.1 Å². The van der Waals surface area contributed by atoms with Crippen LogP contribution in [0.1, 0.15) is 17.3 Å². The molecule has 1 aromatic rings. The molecule has 96 valence electrons. The second kappa shape index (κ2) is 6.20. The molecule has 0 amide bonds. The zero-order valence-corrected chi connectivity index (χ0v) is 14.3. The number of thioether (sulfide) groups is 2. The number of halogens is 2. The smallest absolute Gasteiger partial charge is 0.187 e. The minimum Gasteiger partial charge on any atom is -0.289 e. The van der Waals surface area contributed by atoms with Gasteiger partial charge in [-0.15, -0.1) is 23.5 Å². The van der Waals surface area contributed by atoms with E-state index in [0.29, 0.717) is 10.6 Å². The Morgan fingerprint density at radius 1 is 1.50 bits per heavy atom. The molecule has 0 aliphatic carbocycles. The first kappa shape index (κ1) is 14.8. The van der Waals surface area contributed by atoms with E-state index in [9.17, 15) is 4.79 Å². The lowest BCUT2D eigenvalue weighted by molar-refractivity contribution is 0.104. The van der Waals surface area contributed by atoms with E-state index in [1.54, 1.807) is 42.1 Å². The van der Waals surface area contributed by atoms with Crippen molar-refractivity contribution in [2.75, 3.05) is 10.2 Å². The highest BCUT2D eigenvalue weighted by Gasteiger charge is 2.32. The van der Waals surface area contributed by atoms with Crippen LogP contribution in [0.3, 0.4) is 0 Å². The second-order valence-corrected chi connectivity index (χ2v) is 8.41. The third-order valence-electron chi connectivity index (χ3n) is 2.53. The van der Waals surface area contributed by atoms with Crippen LogP contribution >= 0.6 is 57.7 Å². The van der Waals surface area contributed by atoms with E-state index < -0.39 is 0 Å². The zero-order chi connectivity index (χ0) is 13.2. The van der Waals surface area contributed by atoms with Gasteiger partial charge in [0.05, 0.1) is 0 Å². The summed E-state index contributed by atoms with van der Waals surface area (Å²) in [5.74, 6) is 1.12. The Balaban J connectivity index is 2.10. The van der Waals surface area contributed by atoms with E-state index in [1.807, 2.05) is 11.8 Å². The highest BCUT2D eigenvalue weighted by Crippen LogP contribution is 2.49. The summed E-state index contributed by atoms with van der Waals surface area (Å²) in [4.78, 5) is 12.1. The molecule has 0 aromatic heterocycles. The number of hydrogen-bond donors (Lipinski definition) is 0. The standard InChI is InChI=1S/C13H12ClIOS2/c1-13(7-15)8-17-12(18-13)6-11(16)9-2-4-10(14)5-3-9/h2-6H,7-8H2,1H3/t13-/m1/s1. The van der Waals surface area contributed by atoms with Crippen molar-refractivity contribution < 1.29 is 4.79 Å². The van der Waals surface area contributed by atoms with Gasteiger partial charge in [-0.25, -0.2) is 0 Å². The number of alkyl halides is 1. The van der Waals surface area contributed by atoms with Gasteiger partial charge in [-0.1, -0.05) is 34.2 Å². The van der Waals surface area contributed by atoms with Gasteiger partial charge in [0.2, 0.25) is 0 Å².